The van der Waals surface area contributed by atoms with Gasteiger partial charge in [0, 0.05) is 32.0 Å². The van der Waals surface area contributed by atoms with Crippen LogP contribution in [-0.4, -0.2) is 46.5 Å². The first-order valence-electron chi connectivity index (χ1n) is 10.2. The van der Waals surface area contributed by atoms with Crippen LogP contribution in [0.15, 0.2) is 53.5 Å². The van der Waals surface area contributed by atoms with Gasteiger partial charge in [0.25, 0.3) is 0 Å². The summed E-state index contributed by atoms with van der Waals surface area (Å²) in [4.78, 5) is 4.27. The molecule has 0 bridgehead atoms. The summed E-state index contributed by atoms with van der Waals surface area (Å²) in [7, 11) is 3.39. The quantitative estimate of drug-likeness (QED) is 0.319. The zero-order valence-corrected chi connectivity index (χ0v) is 17.7. The fourth-order valence-corrected chi connectivity index (χ4v) is 2.81. The predicted octanol–water partition coefficient (Wildman–Crippen LogP) is 4.12. The third kappa shape index (κ3) is 8.44. The predicted molar refractivity (Wildman–Crippen MR) is 119 cm³/mol. The molecule has 2 aromatic carbocycles. The third-order valence-electron chi connectivity index (χ3n) is 4.34. The van der Waals surface area contributed by atoms with Gasteiger partial charge in [0.1, 0.15) is 0 Å². The largest absolute Gasteiger partial charge is 0.493 e. The Morgan fingerprint density at radius 3 is 2.55 bits per heavy atom. The second-order valence-electron chi connectivity index (χ2n) is 6.48. The molecule has 2 rings (SSSR count). The Morgan fingerprint density at radius 2 is 1.83 bits per heavy atom. The number of nitrogens with zero attached hydrogens (tertiary/aromatic N) is 1. The number of aliphatic imine (C=N–C) groups is 1. The SMILES string of the molecule is CCOc1cc(NC(=NC)NCCCCOCCc2ccccc2)ccc1OC. The van der Waals surface area contributed by atoms with E-state index in [1.165, 1.54) is 5.56 Å². The summed E-state index contributed by atoms with van der Waals surface area (Å²) < 4.78 is 16.7. The van der Waals surface area contributed by atoms with Crippen LogP contribution in [0.5, 0.6) is 11.5 Å². The summed E-state index contributed by atoms with van der Waals surface area (Å²) in [6.07, 6.45) is 2.98. The van der Waals surface area contributed by atoms with Gasteiger partial charge in [-0.1, -0.05) is 30.3 Å². The molecule has 29 heavy (non-hydrogen) atoms. The van der Waals surface area contributed by atoms with Crippen LogP contribution in [0.1, 0.15) is 25.3 Å². The number of ether oxygens (including phenoxy) is 3. The highest BCUT2D eigenvalue weighted by Crippen LogP contribution is 2.30. The first-order valence-corrected chi connectivity index (χ1v) is 10.2. The number of nitrogens with one attached hydrogen (secondary N) is 2. The lowest BCUT2D eigenvalue weighted by molar-refractivity contribution is 0.133. The summed E-state index contributed by atoms with van der Waals surface area (Å²) in [5.74, 6) is 2.15. The molecular weight excluding hydrogens is 366 g/mol. The maximum atomic E-state index is 5.73. The van der Waals surface area contributed by atoms with Crippen LogP contribution in [0.4, 0.5) is 5.69 Å². The average molecular weight is 400 g/mol. The average Bonchev–Trinajstić information content (AvgIpc) is 2.76. The molecule has 0 heterocycles. The molecule has 0 aliphatic heterocycles. The van der Waals surface area contributed by atoms with Gasteiger partial charge in [-0.05, 0) is 43.9 Å². The van der Waals surface area contributed by atoms with Crippen LogP contribution in [0.25, 0.3) is 0 Å². The van der Waals surface area contributed by atoms with Gasteiger partial charge in [0.2, 0.25) is 0 Å². The van der Waals surface area contributed by atoms with Crippen molar-refractivity contribution in [1.29, 1.82) is 0 Å². The van der Waals surface area contributed by atoms with Crippen molar-refractivity contribution in [3.05, 3.63) is 54.1 Å². The minimum Gasteiger partial charge on any atom is -0.493 e. The van der Waals surface area contributed by atoms with Gasteiger partial charge >= 0.3 is 0 Å². The molecule has 0 saturated heterocycles. The number of anilines is 1. The van der Waals surface area contributed by atoms with Crippen molar-refractivity contribution >= 4 is 11.6 Å². The van der Waals surface area contributed by atoms with Crippen LogP contribution < -0.4 is 20.1 Å². The highest BCUT2D eigenvalue weighted by molar-refractivity contribution is 5.93. The Balaban J connectivity index is 1.63. The van der Waals surface area contributed by atoms with Crippen molar-refractivity contribution < 1.29 is 14.2 Å². The molecule has 0 unspecified atom stereocenters. The van der Waals surface area contributed by atoms with Crippen LogP contribution in [-0.2, 0) is 11.2 Å². The van der Waals surface area contributed by atoms with E-state index in [1.54, 1.807) is 14.2 Å². The molecule has 0 aromatic heterocycles. The summed E-state index contributed by atoms with van der Waals surface area (Å²) in [5.41, 5.74) is 2.21. The van der Waals surface area contributed by atoms with E-state index in [4.69, 9.17) is 14.2 Å². The smallest absolute Gasteiger partial charge is 0.195 e. The number of unbranched alkanes of at least 4 members (excludes halogenated alkanes) is 1. The molecule has 0 aliphatic carbocycles. The van der Waals surface area contributed by atoms with E-state index in [0.717, 1.165) is 50.7 Å². The number of hydrogen-bond acceptors (Lipinski definition) is 4. The fraction of sp³-hybridized carbons (Fsp3) is 0.435. The zero-order valence-electron chi connectivity index (χ0n) is 17.7. The molecule has 158 valence electrons. The minimum absolute atomic E-state index is 0.584. The number of rotatable bonds is 12. The molecule has 2 N–H and O–H groups in total. The lowest BCUT2D eigenvalue weighted by atomic mass is 10.2. The number of methoxy groups -OCH3 is 1. The summed E-state index contributed by atoms with van der Waals surface area (Å²) in [6, 6.07) is 16.2. The van der Waals surface area contributed by atoms with Crippen molar-refractivity contribution in [2.24, 2.45) is 4.99 Å². The van der Waals surface area contributed by atoms with E-state index in [9.17, 15) is 0 Å². The van der Waals surface area contributed by atoms with Gasteiger partial charge in [-0.25, -0.2) is 0 Å². The van der Waals surface area contributed by atoms with Gasteiger partial charge in [0.05, 0.1) is 20.3 Å². The molecule has 6 heteroatoms. The standard InChI is InChI=1S/C23H33N3O3/c1-4-29-22-18-20(12-13-21(22)27-3)26-23(24-2)25-15-8-9-16-28-17-14-19-10-6-5-7-11-19/h5-7,10-13,18H,4,8-9,14-17H2,1-3H3,(H2,24,25,26). The van der Waals surface area contributed by atoms with Crippen molar-refractivity contribution in [2.45, 2.75) is 26.2 Å². The van der Waals surface area contributed by atoms with Gasteiger partial charge in [0.15, 0.2) is 17.5 Å². The Bertz CT molecular complexity index is 735. The topological polar surface area (TPSA) is 64.1 Å². The Labute approximate surface area is 174 Å². The molecule has 6 nitrogen and oxygen atoms in total. The Hall–Kier alpha value is -2.73. The van der Waals surface area contributed by atoms with E-state index < -0.39 is 0 Å². The van der Waals surface area contributed by atoms with Gasteiger partial charge in [-0.2, -0.15) is 0 Å². The molecule has 0 spiro atoms. The van der Waals surface area contributed by atoms with Crippen molar-refractivity contribution in [1.82, 2.24) is 5.32 Å². The van der Waals surface area contributed by atoms with Crippen LogP contribution in [0, 0.1) is 0 Å². The molecular formula is C23H33N3O3. The third-order valence-corrected chi connectivity index (χ3v) is 4.34. The number of guanidine groups is 1. The Kier molecular flexibility index (Phi) is 10.5. The Morgan fingerprint density at radius 1 is 1.00 bits per heavy atom. The second kappa shape index (κ2) is 13.4. The maximum absolute atomic E-state index is 5.73. The fourth-order valence-electron chi connectivity index (χ4n) is 2.81. The first-order chi connectivity index (χ1) is 14.3. The van der Waals surface area contributed by atoms with Gasteiger partial charge < -0.3 is 24.8 Å². The van der Waals surface area contributed by atoms with E-state index in [0.29, 0.717) is 18.1 Å². The summed E-state index contributed by atoms with van der Waals surface area (Å²) in [6.45, 7) is 4.90. The molecule has 0 aliphatic rings. The first kappa shape index (κ1) is 22.6. The van der Waals surface area contributed by atoms with E-state index in [-0.39, 0.29) is 0 Å². The van der Waals surface area contributed by atoms with Crippen molar-refractivity contribution in [2.75, 3.05) is 45.8 Å². The molecule has 0 saturated carbocycles. The summed E-state index contributed by atoms with van der Waals surface area (Å²) >= 11 is 0. The van der Waals surface area contributed by atoms with E-state index in [2.05, 4.69) is 39.9 Å². The van der Waals surface area contributed by atoms with Crippen LogP contribution in [0.3, 0.4) is 0 Å². The molecule has 0 fully saturated rings. The molecule has 2 aromatic rings. The van der Waals surface area contributed by atoms with Crippen molar-refractivity contribution in [3.8, 4) is 11.5 Å². The van der Waals surface area contributed by atoms with Crippen LogP contribution in [0.2, 0.25) is 0 Å². The number of hydrogen-bond donors (Lipinski definition) is 2. The number of benzene rings is 2. The highest BCUT2D eigenvalue weighted by atomic mass is 16.5. The zero-order chi connectivity index (χ0) is 20.7. The molecule has 0 atom stereocenters. The lowest BCUT2D eigenvalue weighted by Crippen LogP contribution is -2.31. The van der Waals surface area contributed by atoms with Gasteiger partial charge in [-0.15, -0.1) is 0 Å². The second-order valence-corrected chi connectivity index (χ2v) is 6.48. The maximum Gasteiger partial charge on any atom is 0.195 e. The van der Waals surface area contributed by atoms with Crippen molar-refractivity contribution in [3.63, 3.8) is 0 Å². The monoisotopic (exact) mass is 399 g/mol. The minimum atomic E-state index is 0.584. The lowest BCUT2D eigenvalue weighted by Gasteiger charge is -2.14. The summed E-state index contributed by atoms with van der Waals surface area (Å²) in [5, 5.41) is 6.61. The molecule has 0 radical (unpaired) electrons. The van der Waals surface area contributed by atoms with E-state index >= 15 is 0 Å². The van der Waals surface area contributed by atoms with Crippen LogP contribution >= 0.6 is 0 Å². The molecule has 0 amide bonds. The normalized spacial score (nSPS) is 11.2. The highest BCUT2D eigenvalue weighted by Gasteiger charge is 2.06. The van der Waals surface area contributed by atoms with Gasteiger partial charge in [-0.3, -0.25) is 4.99 Å². The van der Waals surface area contributed by atoms with E-state index in [1.807, 2.05) is 31.2 Å².